The minimum Gasteiger partial charge on any atom is -0.478 e. The molecule has 2 aromatic rings. The number of rotatable bonds is 7. The number of carboxylic acids is 1. The van der Waals surface area contributed by atoms with Crippen LogP contribution in [0.1, 0.15) is 27.9 Å². The van der Waals surface area contributed by atoms with Gasteiger partial charge in [-0.1, -0.05) is 18.2 Å². The number of carboxylic acid groups (broad SMARTS) is 1. The Morgan fingerprint density at radius 3 is 2.42 bits per heavy atom. The molecule has 0 aliphatic carbocycles. The zero-order valence-electron chi connectivity index (χ0n) is 13.1. The Labute approximate surface area is 146 Å². The van der Waals surface area contributed by atoms with Gasteiger partial charge in [-0.05, 0) is 55.2 Å². The van der Waals surface area contributed by atoms with Crippen molar-refractivity contribution in [1.82, 2.24) is 0 Å². The van der Waals surface area contributed by atoms with Crippen molar-refractivity contribution in [3.63, 3.8) is 0 Å². The standard InChI is InChI=1S/C17H18ClNO4S/c1-12-15(17(20)21)5-2-6-16(12)19-24(22,23)14-9-7-13(8-10-14)4-3-11-18/h2,5-10,19H,3-4,11H2,1H3,(H,20,21). The first-order valence-corrected chi connectivity index (χ1v) is 9.37. The van der Waals surface area contributed by atoms with E-state index in [-0.39, 0.29) is 16.1 Å². The van der Waals surface area contributed by atoms with Crippen molar-refractivity contribution in [3.05, 3.63) is 59.2 Å². The van der Waals surface area contributed by atoms with E-state index in [1.807, 2.05) is 0 Å². The van der Waals surface area contributed by atoms with Gasteiger partial charge < -0.3 is 5.11 Å². The molecule has 0 atom stereocenters. The summed E-state index contributed by atoms with van der Waals surface area (Å²) in [5.74, 6) is -0.543. The lowest BCUT2D eigenvalue weighted by Crippen LogP contribution is -2.15. The highest BCUT2D eigenvalue weighted by atomic mass is 35.5. The summed E-state index contributed by atoms with van der Waals surface area (Å²) in [6.45, 7) is 1.57. The van der Waals surface area contributed by atoms with Crippen LogP contribution in [-0.2, 0) is 16.4 Å². The van der Waals surface area contributed by atoms with Crippen LogP contribution in [0.2, 0.25) is 0 Å². The van der Waals surface area contributed by atoms with E-state index in [1.54, 1.807) is 19.1 Å². The topological polar surface area (TPSA) is 83.5 Å². The molecule has 0 spiro atoms. The quantitative estimate of drug-likeness (QED) is 0.731. The van der Waals surface area contributed by atoms with Gasteiger partial charge in [-0.25, -0.2) is 13.2 Å². The summed E-state index contributed by atoms with van der Waals surface area (Å²) in [6, 6.07) is 11.0. The molecule has 2 aromatic carbocycles. The number of nitrogens with one attached hydrogen (secondary N) is 1. The van der Waals surface area contributed by atoms with Crippen LogP contribution >= 0.6 is 11.6 Å². The lowest BCUT2D eigenvalue weighted by atomic mass is 10.1. The smallest absolute Gasteiger partial charge is 0.336 e. The van der Waals surface area contributed by atoms with Crippen LogP contribution in [-0.4, -0.2) is 25.4 Å². The van der Waals surface area contributed by atoms with E-state index < -0.39 is 16.0 Å². The van der Waals surface area contributed by atoms with Crippen LogP contribution in [0.25, 0.3) is 0 Å². The molecule has 0 saturated heterocycles. The highest BCUT2D eigenvalue weighted by molar-refractivity contribution is 7.92. The van der Waals surface area contributed by atoms with Gasteiger partial charge in [0.15, 0.2) is 0 Å². The molecule has 5 nitrogen and oxygen atoms in total. The lowest BCUT2D eigenvalue weighted by molar-refractivity contribution is 0.0696. The molecule has 0 radical (unpaired) electrons. The SMILES string of the molecule is Cc1c(NS(=O)(=O)c2ccc(CCCCl)cc2)cccc1C(=O)O. The van der Waals surface area contributed by atoms with E-state index in [9.17, 15) is 13.2 Å². The number of benzene rings is 2. The molecule has 0 bridgehead atoms. The van der Waals surface area contributed by atoms with E-state index in [0.717, 1.165) is 18.4 Å². The highest BCUT2D eigenvalue weighted by Crippen LogP contribution is 2.23. The second-order valence-corrected chi connectivity index (χ2v) is 7.39. The molecule has 2 N–H and O–H groups in total. The number of anilines is 1. The number of carbonyl (C=O) groups is 1. The second-order valence-electron chi connectivity index (χ2n) is 5.33. The Balaban J connectivity index is 2.26. The van der Waals surface area contributed by atoms with Crippen molar-refractivity contribution >= 4 is 33.3 Å². The van der Waals surface area contributed by atoms with E-state index >= 15 is 0 Å². The van der Waals surface area contributed by atoms with Crippen LogP contribution in [0, 0.1) is 6.92 Å². The predicted molar refractivity (Wildman–Crippen MR) is 94.4 cm³/mol. The number of hydrogen-bond acceptors (Lipinski definition) is 3. The van der Waals surface area contributed by atoms with Crippen LogP contribution in [0.5, 0.6) is 0 Å². The molecular weight excluding hydrogens is 350 g/mol. The summed E-state index contributed by atoms with van der Waals surface area (Å²) >= 11 is 5.65. The maximum absolute atomic E-state index is 12.5. The Hall–Kier alpha value is -2.05. The molecule has 7 heteroatoms. The number of aromatic carboxylic acids is 1. The van der Waals surface area contributed by atoms with Gasteiger partial charge in [-0.2, -0.15) is 0 Å². The third-order valence-electron chi connectivity index (χ3n) is 3.64. The Kier molecular flexibility index (Phi) is 5.85. The van der Waals surface area contributed by atoms with Gasteiger partial charge >= 0.3 is 5.97 Å². The van der Waals surface area contributed by atoms with E-state index in [2.05, 4.69) is 4.72 Å². The van der Waals surface area contributed by atoms with Crippen molar-refractivity contribution in [2.45, 2.75) is 24.7 Å². The fourth-order valence-electron chi connectivity index (χ4n) is 2.29. The van der Waals surface area contributed by atoms with E-state index in [0.29, 0.717) is 11.4 Å². The Morgan fingerprint density at radius 2 is 1.83 bits per heavy atom. The lowest BCUT2D eigenvalue weighted by Gasteiger charge is -2.12. The zero-order valence-corrected chi connectivity index (χ0v) is 14.7. The van der Waals surface area contributed by atoms with Crippen molar-refractivity contribution < 1.29 is 18.3 Å². The number of aryl methyl sites for hydroxylation is 1. The zero-order chi connectivity index (χ0) is 17.7. The molecule has 0 aliphatic rings. The molecule has 128 valence electrons. The fourth-order valence-corrected chi connectivity index (χ4v) is 3.54. The van der Waals surface area contributed by atoms with Crippen LogP contribution in [0.3, 0.4) is 0 Å². The van der Waals surface area contributed by atoms with E-state index in [1.165, 1.54) is 30.3 Å². The minimum atomic E-state index is -3.78. The van der Waals surface area contributed by atoms with Crippen molar-refractivity contribution in [2.75, 3.05) is 10.6 Å². The number of sulfonamides is 1. The van der Waals surface area contributed by atoms with Gasteiger partial charge in [0.05, 0.1) is 16.1 Å². The van der Waals surface area contributed by atoms with Gasteiger partial charge in [0.1, 0.15) is 0 Å². The third kappa shape index (κ3) is 4.27. The molecule has 0 fully saturated rings. The Bertz CT molecular complexity index is 832. The molecule has 0 saturated carbocycles. The molecular formula is C17H18ClNO4S. The number of halogens is 1. The summed E-state index contributed by atoms with van der Waals surface area (Å²) in [5, 5.41) is 9.12. The molecule has 0 unspecified atom stereocenters. The van der Waals surface area contributed by atoms with Crippen LogP contribution in [0.15, 0.2) is 47.4 Å². The Morgan fingerprint density at radius 1 is 1.17 bits per heavy atom. The molecule has 2 rings (SSSR count). The van der Waals surface area contributed by atoms with Gasteiger partial charge in [-0.3, -0.25) is 4.72 Å². The number of alkyl halides is 1. The van der Waals surface area contributed by atoms with Gasteiger partial charge in [-0.15, -0.1) is 11.6 Å². The van der Waals surface area contributed by atoms with Crippen molar-refractivity contribution in [2.24, 2.45) is 0 Å². The molecule has 0 amide bonds. The average Bonchev–Trinajstić information content (AvgIpc) is 2.55. The molecule has 24 heavy (non-hydrogen) atoms. The first-order chi connectivity index (χ1) is 11.3. The van der Waals surface area contributed by atoms with Crippen LogP contribution < -0.4 is 4.72 Å². The maximum Gasteiger partial charge on any atom is 0.336 e. The monoisotopic (exact) mass is 367 g/mol. The normalized spacial score (nSPS) is 11.2. The van der Waals surface area contributed by atoms with Gasteiger partial charge in [0.2, 0.25) is 0 Å². The summed E-state index contributed by atoms with van der Waals surface area (Å²) < 4.78 is 27.4. The summed E-state index contributed by atoms with van der Waals surface area (Å²) in [4.78, 5) is 11.3. The average molecular weight is 368 g/mol. The highest BCUT2D eigenvalue weighted by Gasteiger charge is 2.17. The molecule has 0 heterocycles. The summed E-state index contributed by atoms with van der Waals surface area (Å²) in [5.41, 5.74) is 1.69. The summed E-state index contributed by atoms with van der Waals surface area (Å²) in [6.07, 6.45) is 1.62. The van der Waals surface area contributed by atoms with Gasteiger partial charge in [0, 0.05) is 5.88 Å². The first-order valence-electron chi connectivity index (χ1n) is 7.36. The van der Waals surface area contributed by atoms with Crippen molar-refractivity contribution in [1.29, 1.82) is 0 Å². The van der Waals surface area contributed by atoms with E-state index in [4.69, 9.17) is 16.7 Å². The van der Waals surface area contributed by atoms with Gasteiger partial charge in [0.25, 0.3) is 10.0 Å². The summed E-state index contributed by atoms with van der Waals surface area (Å²) in [7, 11) is -3.78. The molecule has 0 aliphatic heterocycles. The molecule has 0 aromatic heterocycles. The largest absolute Gasteiger partial charge is 0.478 e. The van der Waals surface area contributed by atoms with Crippen molar-refractivity contribution in [3.8, 4) is 0 Å². The second kappa shape index (κ2) is 7.68. The predicted octanol–water partition coefficient (Wildman–Crippen LogP) is 3.67. The van der Waals surface area contributed by atoms with Crippen LogP contribution in [0.4, 0.5) is 5.69 Å². The minimum absolute atomic E-state index is 0.0617. The maximum atomic E-state index is 12.5. The number of hydrogen-bond donors (Lipinski definition) is 2. The third-order valence-corrected chi connectivity index (χ3v) is 5.29. The first kappa shape index (κ1) is 18.3. The fraction of sp³-hybridized carbons (Fsp3) is 0.235.